The average molecular weight is 266 g/mol. The standard InChI is InChI=1S/C13H18N2O4/c1-17-11-4-3-9(5-12(11)18-2)15-10(6-14)7-19-8-13(15)16/h3-5,10H,6-8,14H2,1-2H3. The number of hydrogen-bond acceptors (Lipinski definition) is 5. The normalized spacial score (nSPS) is 19.4. The third kappa shape index (κ3) is 2.64. The molecule has 0 saturated carbocycles. The van der Waals surface area contributed by atoms with Crippen molar-refractivity contribution in [1.82, 2.24) is 0 Å². The minimum absolute atomic E-state index is 0.0743. The number of nitrogens with two attached hydrogens (primary N) is 1. The van der Waals surface area contributed by atoms with Gasteiger partial charge in [-0.15, -0.1) is 0 Å². The molecular formula is C13H18N2O4. The molecule has 1 aromatic carbocycles. The van der Waals surface area contributed by atoms with Crippen LogP contribution in [0.2, 0.25) is 0 Å². The van der Waals surface area contributed by atoms with Gasteiger partial charge in [0.05, 0.1) is 26.9 Å². The molecule has 1 atom stereocenters. The van der Waals surface area contributed by atoms with E-state index in [1.807, 2.05) is 6.07 Å². The topological polar surface area (TPSA) is 74.0 Å². The molecule has 1 aliphatic rings. The Labute approximate surface area is 112 Å². The summed E-state index contributed by atoms with van der Waals surface area (Å²) >= 11 is 0. The summed E-state index contributed by atoms with van der Waals surface area (Å²) in [6.07, 6.45) is 0. The number of ether oxygens (including phenoxy) is 3. The number of nitrogens with zero attached hydrogens (tertiary/aromatic N) is 1. The van der Waals surface area contributed by atoms with Gasteiger partial charge < -0.3 is 24.8 Å². The number of amides is 1. The number of carbonyl (C=O) groups excluding carboxylic acids is 1. The Morgan fingerprint density at radius 2 is 2.11 bits per heavy atom. The first-order valence-electron chi connectivity index (χ1n) is 6.03. The van der Waals surface area contributed by atoms with Crippen molar-refractivity contribution < 1.29 is 19.0 Å². The fourth-order valence-corrected chi connectivity index (χ4v) is 2.13. The molecule has 1 heterocycles. The summed E-state index contributed by atoms with van der Waals surface area (Å²) in [5.74, 6) is 1.10. The highest BCUT2D eigenvalue weighted by molar-refractivity contribution is 5.95. The highest BCUT2D eigenvalue weighted by Gasteiger charge is 2.29. The second kappa shape index (κ2) is 5.90. The first-order valence-corrected chi connectivity index (χ1v) is 6.03. The van der Waals surface area contributed by atoms with Gasteiger partial charge in [0.2, 0.25) is 0 Å². The van der Waals surface area contributed by atoms with E-state index in [-0.39, 0.29) is 18.6 Å². The zero-order chi connectivity index (χ0) is 13.8. The van der Waals surface area contributed by atoms with Gasteiger partial charge in [0, 0.05) is 18.3 Å². The summed E-state index contributed by atoms with van der Waals surface area (Å²) in [5.41, 5.74) is 6.43. The van der Waals surface area contributed by atoms with Crippen molar-refractivity contribution >= 4 is 11.6 Å². The maximum atomic E-state index is 12.0. The van der Waals surface area contributed by atoms with Crippen LogP contribution < -0.4 is 20.1 Å². The average Bonchev–Trinajstić information content (AvgIpc) is 2.46. The third-order valence-electron chi connectivity index (χ3n) is 3.09. The van der Waals surface area contributed by atoms with E-state index < -0.39 is 0 Å². The predicted octanol–water partition coefficient (Wildman–Crippen LogP) is 0.394. The lowest BCUT2D eigenvalue weighted by atomic mass is 10.1. The van der Waals surface area contributed by atoms with E-state index in [1.54, 1.807) is 31.3 Å². The summed E-state index contributed by atoms with van der Waals surface area (Å²) in [7, 11) is 3.13. The Kier molecular flexibility index (Phi) is 4.24. The molecule has 1 unspecified atom stereocenters. The van der Waals surface area contributed by atoms with Crippen LogP contribution >= 0.6 is 0 Å². The molecule has 0 bridgehead atoms. The van der Waals surface area contributed by atoms with Crippen LogP contribution in [0.15, 0.2) is 18.2 Å². The minimum atomic E-state index is -0.153. The number of carbonyl (C=O) groups is 1. The van der Waals surface area contributed by atoms with E-state index in [2.05, 4.69) is 0 Å². The molecule has 104 valence electrons. The van der Waals surface area contributed by atoms with Gasteiger partial charge in [-0.25, -0.2) is 0 Å². The first-order chi connectivity index (χ1) is 9.21. The Bertz CT molecular complexity index is 464. The lowest BCUT2D eigenvalue weighted by Gasteiger charge is -2.35. The SMILES string of the molecule is COc1ccc(N2C(=O)COCC2CN)cc1OC. The number of morpholine rings is 1. The lowest BCUT2D eigenvalue weighted by Crippen LogP contribution is -2.53. The summed E-state index contributed by atoms with van der Waals surface area (Å²) in [6.45, 7) is 0.863. The maximum absolute atomic E-state index is 12.0. The molecule has 0 aliphatic carbocycles. The predicted molar refractivity (Wildman–Crippen MR) is 70.7 cm³/mol. The summed E-state index contributed by atoms with van der Waals surface area (Å²) in [6, 6.07) is 5.20. The molecular weight excluding hydrogens is 248 g/mol. The van der Waals surface area contributed by atoms with Gasteiger partial charge in [-0.1, -0.05) is 0 Å². The van der Waals surface area contributed by atoms with Gasteiger partial charge in [0.25, 0.3) is 5.91 Å². The van der Waals surface area contributed by atoms with Crippen LogP contribution in [0.3, 0.4) is 0 Å². The summed E-state index contributed by atoms with van der Waals surface area (Å²) in [5, 5.41) is 0. The quantitative estimate of drug-likeness (QED) is 0.853. The highest BCUT2D eigenvalue weighted by atomic mass is 16.5. The van der Waals surface area contributed by atoms with E-state index in [4.69, 9.17) is 19.9 Å². The smallest absolute Gasteiger partial charge is 0.253 e. The van der Waals surface area contributed by atoms with Crippen molar-refractivity contribution in [2.75, 3.05) is 38.9 Å². The second-order valence-corrected chi connectivity index (χ2v) is 4.21. The number of hydrogen-bond donors (Lipinski definition) is 1. The number of methoxy groups -OCH3 is 2. The molecule has 1 aliphatic heterocycles. The largest absolute Gasteiger partial charge is 0.493 e. The molecule has 1 fully saturated rings. The van der Waals surface area contributed by atoms with Gasteiger partial charge >= 0.3 is 0 Å². The van der Waals surface area contributed by atoms with Crippen molar-refractivity contribution in [2.24, 2.45) is 5.73 Å². The minimum Gasteiger partial charge on any atom is -0.493 e. The van der Waals surface area contributed by atoms with Crippen LogP contribution in [0.1, 0.15) is 0 Å². The molecule has 0 aromatic heterocycles. The van der Waals surface area contributed by atoms with Gasteiger partial charge in [0.15, 0.2) is 11.5 Å². The third-order valence-corrected chi connectivity index (χ3v) is 3.09. The Morgan fingerprint density at radius 3 is 2.74 bits per heavy atom. The summed E-state index contributed by atoms with van der Waals surface area (Å²) in [4.78, 5) is 13.6. The van der Waals surface area contributed by atoms with Crippen LogP contribution in [-0.4, -0.2) is 45.9 Å². The molecule has 1 saturated heterocycles. The van der Waals surface area contributed by atoms with Crippen LogP contribution in [0, 0.1) is 0 Å². The molecule has 0 spiro atoms. The lowest BCUT2D eigenvalue weighted by molar-refractivity contribution is -0.127. The fourth-order valence-electron chi connectivity index (χ4n) is 2.13. The number of rotatable bonds is 4. The molecule has 1 aromatic rings. The Balaban J connectivity index is 2.35. The molecule has 1 amide bonds. The molecule has 19 heavy (non-hydrogen) atoms. The van der Waals surface area contributed by atoms with E-state index >= 15 is 0 Å². The van der Waals surface area contributed by atoms with Crippen LogP contribution in [0.5, 0.6) is 11.5 Å². The zero-order valence-electron chi connectivity index (χ0n) is 11.1. The van der Waals surface area contributed by atoms with Crippen molar-refractivity contribution in [1.29, 1.82) is 0 Å². The molecule has 2 N–H and O–H groups in total. The number of benzene rings is 1. The van der Waals surface area contributed by atoms with E-state index in [1.165, 1.54) is 0 Å². The highest BCUT2D eigenvalue weighted by Crippen LogP contribution is 2.32. The maximum Gasteiger partial charge on any atom is 0.253 e. The van der Waals surface area contributed by atoms with E-state index in [0.29, 0.717) is 24.7 Å². The first kappa shape index (κ1) is 13.6. The Morgan fingerprint density at radius 1 is 1.37 bits per heavy atom. The fraction of sp³-hybridized carbons (Fsp3) is 0.462. The van der Waals surface area contributed by atoms with Crippen LogP contribution in [0.4, 0.5) is 5.69 Å². The van der Waals surface area contributed by atoms with Crippen molar-refractivity contribution in [2.45, 2.75) is 6.04 Å². The van der Waals surface area contributed by atoms with Crippen molar-refractivity contribution in [3.8, 4) is 11.5 Å². The molecule has 0 radical (unpaired) electrons. The van der Waals surface area contributed by atoms with Gasteiger partial charge in [-0.05, 0) is 12.1 Å². The van der Waals surface area contributed by atoms with Gasteiger partial charge in [-0.3, -0.25) is 4.79 Å². The van der Waals surface area contributed by atoms with Crippen LogP contribution in [0.25, 0.3) is 0 Å². The monoisotopic (exact) mass is 266 g/mol. The number of anilines is 1. The van der Waals surface area contributed by atoms with Gasteiger partial charge in [0.1, 0.15) is 6.61 Å². The van der Waals surface area contributed by atoms with E-state index in [0.717, 1.165) is 5.69 Å². The molecule has 2 rings (SSSR count). The molecule has 6 nitrogen and oxygen atoms in total. The van der Waals surface area contributed by atoms with Gasteiger partial charge in [-0.2, -0.15) is 0 Å². The second-order valence-electron chi connectivity index (χ2n) is 4.21. The Hall–Kier alpha value is -1.79. The molecule has 6 heteroatoms. The van der Waals surface area contributed by atoms with Crippen molar-refractivity contribution in [3.63, 3.8) is 0 Å². The van der Waals surface area contributed by atoms with E-state index in [9.17, 15) is 4.79 Å². The zero-order valence-corrected chi connectivity index (χ0v) is 11.1. The van der Waals surface area contributed by atoms with Crippen molar-refractivity contribution in [3.05, 3.63) is 18.2 Å². The summed E-state index contributed by atoms with van der Waals surface area (Å²) < 4.78 is 15.6. The van der Waals surface area contributed by atoms with Crippen LogP contribution in [-0.2, 0) is 9.53 Å².